The fraction of sp³-hybridized carbons (Fsp3) is 0.385. The van der Waals surface area contributed by atoms with Crippen LogP contribution in [0.4, 0.5) is 4.39 Å². The number of likely N-dealkylation sites (N-methyl/N-ethyl adjacent to an activating group) is 1. The summed E-state index contributed by atoms with van der Waals surface area (Å²) in [4.78, 5) is 0. The molecule has 0 radical (unpaired) electrons. The van der Waals surface area contributed by atoms with Crippen LogP contribution in [-0.4, -0.2) is 36.6 Å². The molecular weight excluding hydrogens is 237 g/mol. The van der Waals surface area contributed by atoms with Gasteiger partial charge in [0.1, 0.15) is 17.9 Å². The lowest BCUT2D eigenvalue weighted by Crippen LogP contribution is -2.51. The zero-order chi connectivity index (χ0) is 13.2. The molecule has 0 spiro atoms. The predicted octanol–water partition coefficient (Wildman–Crippen LogP) is 1.17. The van der Waals surface area contributed by atoms with E-state index in [4.69, 9.17) is 4.42 Å². The van der Waals surface area contributed by atoms with Crippen molar-refractivity contribution >= 4 is 11.0 Å². The Morgan fingerprint density at radius 2 is 2.22 bits per heavy atom. The molecule has 0 aliphatic carbocycles. The van der Waals surface area contributed by atoms with Gasteiger partial charge in [-0.2, -0.15) is 0 Å². The van der Waals surface area contributed by atoms with Crippen LogP contribution in [0.3, 0.4) is 0 Å². The van der Waals surface area contributed by atoms with Crippen LogP contribution < -0.4 is 5.32 Å². The van der Waals surface area contributed by atoms with E-state index in [-0.39, 0.29) is 6.61 Å². The topological polar surface area (TPSA) is 65.6 Å². The second-order valence-corrected chi connectivity index (χ2v) is 4.25. The van der Waals surface area contributed by atoms with Crippen LogP contribution in [0, 0.1) is 0 Å². The van der Waals surface area contributed by atoms with Gasteiger partial charge in [-0.25, -0.2) is 4.39 Å². The Balaban J connectivity index is 2.47. The molecule has 0 amide bonds. The zero-order valence-electron chi connectivity index (χ0n) is 10.1. The second kappa shape index (κ2) is 5.06. The van der Waals surface area contributed by atoms with Crippen LogP contribution >= 0.6 is 0 Å². The lowest BCUT2D eigenvalue weighted by molar-refractivity contribution is -0.0386. The average Bonchev–Trinajstić information content (AvgIpc) is 2.86. The maximum absolute atomic E-state index is 13.2. The molecule has 2 atom stereocenters. The SMILES string of the molecule is CN[C@H](CO)[C@@](O)(CF)c1ccc2ccoc2c1. The van der Waals surface area contributed by atoms with E-state index in [0.717, 1.165) is 5.39 Å². The summed E-state index contributed by atoms with van der Waals surface area (Å²) in [5.74, 6) is 0. The van der Waals surface area contributed by atoms with Gasteiger partial charge in [-0.3, -0.25) is 0 Å². The summed E-state index contributed by atoms with van der Waals surface area (Å²) in [5, 5.41) is 23.2. The van der Waals surface area contributed by atoms with Gasteiger partial charge in [0.25, 0.3) is 0 Å². The summed E-state index contributed by atoms with van der Waals surface area (Å²) in [6, 6.07) is 5.98. The highest BCUT2D eigenvalue weighted by Gasteiger charge is 2.38. The monoisotopic (exact) mass is 253 g/mol. The predicted molar refractivity (Wildman–Crippen MR) is 66.0 cm³/mol. The number of aliphatic hydroxyl groups is 2. The molecule has 1 aromatic heterocycles. The van der Waals surface area contributed by atoms with Gasteiger partial charge in [0.05, 0.1) is 18.9 Å². The number of benzene rings is 1. The summed E-state index contributed by atoms with van der Waals surface area (Å²) in [7, 11) is 1.56. The van der Waals surface area contributed by atoms with Crippen molar-refractivity contribution in [1.82, 2.24) is 5.32 Å². The Labute approximate surface area is 104 Å². The third kappa shape index (κ3) is 2.01. The normalized spacial score (nSPS) is 16.7. The Hall–Kier alpha value is -1.43. The van der Waals surface area contributed by atoms with Crippen molar-refractivity contribution in [2.75, 3.05) is 20.3 Å². The quantitative estimate of drug-likeness (QED) is 0.748. The smallest absolute Gasteiger partial charge is 0.135 e. The molecule has 18 heavy (non-hydrogen) atoms. The number of fused-ring (bicyclic) bond motifs is 1. The van der Waals surface area contributed by atoms with Crippen molar-refractivity contribution in [2.45, 2.75) is 11.6 Å². The Morgan fingerprint density at radius 1 is 1.44 bits per heavy atom. The van der Waals surface area contributed by atoms with Gasteiger partial charge in [0.15, 0.2) is 0 Å². The van der Waals surface area contributed by atoms with Crippen molar-refractivity contribution in [3.63, 3.8) is 0 Å². The lowest BCUT2D eigenvalue weighted by Gasteiger charge is -2.33. The second-order valence-electron chi connectivity index (χ2n) is 4.25. The Morgan fingerprint density at radius 3 is 2.83 bits per heavy atom. The minimum absolute atomic E-state index is 0.368. The third-order valence-electron chi connectivity index (χ3n) is 3.27. The van der Waals surface area contributed by atoms with Crippen molar-refractivity contribution < 1.29 is 19.0 Å². The average molecular weight is 253 g/mol. The molecule has 0 saturated carbocycles. The minimum Gasteiger partial charge on any atom is -0.464 e. The standard InChI is InChI=1S/C13H16FNO3/c1-15-12(7-16)13(17,8-14)10-3-2-9-4-5-18-11(9)6-10/h2-6,12,15-17H,7-8H2,1H3/t12-,13-/m1/s1. The van der Waals surface area contributed by atoms with Gasteiger partial charge in [-0.05, 0) is 24.7 Å². The van der Waals surface area contributed by atoms with E-state index < -0.39 is 18.3 Å². The summed E-state index contributed by atoms with van der Waals surface area (Å²) >= 11 is 0. The van der Waals surface area contributed by atoms with E-state index in [1.165, 1.54) is 6.26 Å². The molecule has 1 aromatic carbocycles. The van der Waals surface area contributed by atoms with E-state index in [1.807, 2.05) is 0 Å². The van der Waals surface area contributed by atoms with E-state index in [2.05, 4.69) is 5.32 Å². The van der Waals surface area contributed by atoms with E-state index >= 15 is 0 Å². The fourth-order valence-electron chi connectivity index (χ4n) is 2.08. The number of hydrogen-bond donors (Lipinski definition) is 3. The molecule has 0 aliphatic heterocycles. The molecule has 4 nitrogen and oxygen atoms in total. The van der Waals surface area contributed by atoms with Crippen molar-refractivity contribution in [2.24, 2.45) is 0 Å². The number of rotatable bonds is 5. The molecule has 1 heterocycles. The van der Waals surface area contributed by atoms with Gasteiger partial charge in [0.2, 0.25) is 0 Å². The molecule has 0 fully saturated rings. The number of nitrogens with one attached hydrogen (secondary N) is 1. The summed E-state index contributed by atoms with van der Waals surface area (Å²) in [6.07, 6.45) is 1.53. The van der Waals surface area contributed by atoms with Crippen LogP contribution in [0.2, 0.25) is 0 Å². The number of furan rings is 1. The van der Waals surface area contributed by atoms with Crippen LogP contribution in [0.25, 0.3) is 11.0 Å². The maximum Gasteiger partial charge on any atom is 0.135 e. The van der Waals surface area contributed by atoms with Gasteiger partial charge in [-0.15, -0.1) is 0 Å². The Kier molecular flexibility index (Phi) is 3.65. The maximum atomic E-state index is 13.2. The molecule has 3 N–H and O–H groups in total. The van der Waals surface area contributed by atoms with Crippen LogP contribution in [0.5, 0.6) is 0 Å². The highest BCUT2D eigenvalue weighted by atomic mass is 19.1. The number of hydrogen-bond acceptors (Lipinski definition) is 4. The largest absolute Gasteiger partial charge is 0.464 e. The van der Waals surface area contributed by atoms with E-state index in [9.17, 15) is 14.6 Å². The van der Waals surface area contributed by atoms with Gasteiger partial charge in [-0.1, -0.05) is 12.1 Å². The lowest BCUT2D eigenvalue weighted by atomic mass is 9.87. The molecule has 0 saturated heterocycles. The van der Waals surface area contributed by atoms with Crippen molar-refractivity contribution in [1.29, 1.82) is 0 Å². The van der Waals surface area contributed by atoms with E-state index in [0.29, 0.717) is 11.1 Å². The molecule has 98 valence electrons. The van der Waals surface area contributed by atoms with Crippen molar-refractivity contribution in [3.8, 4) is 0 Å². The molecule has 0 bridgehead atoms. The van der Waals surface area contributed by atoms with Crippen molar-refractivity contribution in [3.05, 3.63) is 36.1 Å². The fourth-order valence-corrected chi connectivity index (χ4v) is 2.08. The molecule has 0 unspecified atom stereocenters. The van der Waals surface area contributed by atoms with Gasteiger partial charge >= 0.3 is 0 Å². The first-order valence-electron chi connectivity index (χ1n) is 5.70. The first-order valence-corrected chi connectivity index (χ1v) is 5.70. The van der Waals surface area contributed by atoms with Crippen LogP contribution in [-0.2, 0) is 5.60 Å². The summed E-state index contributed by atoms with van der Waals surface area (Å²) in [5.41, 5.74) is -0.821. The number of aliphatic hydroxyl groups excluding tert-OH is 1. The Bertz CT molecular complexity index is 524. The molecule has 5 heteroatoms. The van der Waals surface area contributed by atoms with E-state index in [1.54, 1.807) is 31.3 Å². The minimum atomic E-state index is -1.77. The van der Waals surface area contributed by atoms with Gasteiger partial charge < -0.3 is 19.9 Å². The van der Waals surface area contributed by atoms with Crippen LogP contribution in [0.1, 0.15) is 5.56 Å². The third-order valence-corrected chi connectivity index (χ3v) is 3.27. The zero-order valence-corrected chi connectivity index (χ0v) is 10.1. The highest BCUT2D eigenvalue weighted by Crippen LogP contribution is 2.29. The number of halogens is 1. The first kappa shape index (κ1) is 13.0. The first-order chi connectivity index (χ1) is 8.65. The number of alkyl halides is 1. The molecular formula is C13H16FNO3. The molecule has 2 aromatic rings. The highest BCUT2D eigenvalue weighted by molar-refractivity contribution is 5.77. The summed E-state index contributed by atoms with van der Waals surface area (Å²) < 4.78 is 18.5. The van der Waals surface area contributed by atoms with Crippen LogP contribution in [0.15, 0.2) is 34.9 Å². The molecule has 2 rings (SSSR count). The molecule has 0 aliphatic rings. The summed E-state index contributed by atoms with van der Waals surface area (Å²) in [6.45, 7) is -1.36. The van der Waals surface area contributed by atoms with Gasteiger partial charge in [0, 0.05) is 5.39 Å².